The SMILES string of the molecule is CC(C)OC1(C)CC2CCC1C2. The first-order chi connectivity index (χ1) is 5.60. The van der Waals surface area contributed by atoms with Crippen LogP contribution in [-0.4, -0.2) is 11.7 Å². The highest BCUT2D eigenvalue weighted by Crippen LogP contribution is 2.52. The molecule has 0 spiro atoms. The smallest absolute Gasteiger partial charge is 0.0688 e. The third-order valence-corrected chi connectivity index (χ3v) is 3.60. The zero-order chi connectivity index (χ0) is 8.77. The highest BCUT2D eigenvalue weighted by molar-refractivity contribution is 4.99. The van der Waals surface area contributed by atoms with Crippen LogP contribution >= 0.6 is 0 Å². The molecule has 1 nitrogen and oxygen atoms in total. The molecule has 2 bridgehead atoms. The van der Waals surface area contributed by atoms with Gasteiger partial charge in [0.2, 0.25) is 0 Å². The third kappa shape index (κ3) is 1.28. The minimum absolute atomic E-state index is 0.233. The summed E-state index contributed by atoms with van der Waals surface area (Å²) in [5.74, 6) is 1.85. The number of fused-ring (bicyclic) bond motifs is 2. The molecule has 12 heavy (non-hydrogen) atoms. The summed E-state index contributed by atoms with van der Waals surface area (Å²) in [5, 5.41) is 0. The average Bonchev–Trinajstić information content (AvgIpc) is 2.42. The summed E-state index contributed by atoms with van der Waals surface area (Å²) in [5.41, 5.74) is 0.233. The molecule has 0 heterocycles. The van der Waals surface area contributed by atoms with Gasteiger partial charge in [-0.25, -0.2) is 0 Å². The molecule has 3 atom stereocenters. The molecule has 0 aromatic heterocycles. The Bertz CT molecular complexity index is 176. The van der Waals surface area contributed by atoms with Crippen molar-refractivity contribution >= 4 is 0 Å². The van der Waals surface area contributed by atoms with Gasteiger partial charge in [0, 0.05) is 0 Å². The van der Waals surface area contributed by atoms with Crippen LogP contribution in [0.3, 0.4) is 0 Å². The fraction of sp³-hybridized carbons (Fsp3) is 1.00. The van der Waals surface area contributed by atoms with Gasteiger partial charge in [0.15, 0.2) is 0 Å². The molecule has 0 aromatic rings. The van der Waals surface area contributed by atoms with Gasteiger partial charge in [-0.1, -0.05) is 0 Å². The molecule has 2 aliphatic carbocycles. The standard InChI is InChI=1S/C11H20O/c1-8(2)12-11(3)7-9-4-5-10(11)6-9/h8-10H,4-7H2,1-3H3. The van der Waals surface area contributed by atoms with E-state index in [-0.39, 0.29) is 5.60 Å². The van der Waals surface area contributed by atoms with Crippen molar-refractivity contribution in [2.24, 2.45) is 11.8 Å². The summed E-state index contributed by atoms with van der Waals surface area (Å²) in [7, 11) is 0. The van der Waals surface area contributed by atoms with Gasteiger partial charge in [-0.2, -0.15) is 0 Å². The molecule has 1 heteroatoms. The maximum absolute atomic E-state index is 6.03. The normalized spacial score (nSPS) is 46.0. The predicted molar refractivity (Wildman–Crippen MR) is 50.1 cm³/mol. The van der Waals surface area contributed by atoms with E-state index in [1.807, 2.05) is 0 Å². The van der Waals surface area contributed by atoms with Gasteiger partial charge < -0.3 is 4.74 Å². The van der Waals surface area contributed by atoms with Gasteiger partial charge in [-0.3, -0.25) is 0 Å². The molecule has 3 unspecified atom stereocenters. The average molecular weight is 168 g/mol. The van der Waals surface area contributed by atoms with E-state index < -0.39 is 0 Å². The van der Waals surface area contributed by atoms with E-state index >= 15 is 0 Å². The molecule has 2 fully saturated rings. The van der Waals surface area contributed by atoms with Crippen LogP contribution in [0.1, 0.15) is 46.5 Å². The van der Waals surface area contributed by atoms with Crippen molar-refractivity contribution in [3.63, 3.8) is 0 Å². The zero-order valence-corrected chi connectivity index (χ0v) is 8.47. The second-order valence-corrected chi connectivity index (χ2v) is 5.06. The van der Waals surface area contributed by atoms with Crippen molar-refractivity contribution in [1.82, 2.24) is 0 Å². The Kier molecular flexibility index (Phi) is 1.95. The number of ether oxygens (including phenoxy) is 1. The minimum Gasteiger partial charge on any atom is -0.372 e. The van der Waals surface area contributed by atoms with Crippen LogP contribution in [0.2, 0.25) is 0 Å². The van der Waals surface area contributed by atoms with Gasteiger partial charge >= 0.3 is 0 Å². The highest BCUT2D eigenvalue weighted by atomic mass is 16.5. The lowest BCUT2D eigenvalue weighted by Gasteiger charge is -2.35. The van der Waals surface area contributed by atoms with Gasteiger partial charge in [-0.15, -0.1) is 0 Å². The maximum Gasteiger partial charge on any atom is 0.0688 e. The molecule has 0 radical (unpaired) electrons. The number of rotatable bonds is 2. The lowest BCUT2D eigenvalue weighted by atomic mass is 9.85. The zero-order valence-electron chi connectivity index (χ0n) is 8.47. The summed E-state index contributed by atoms with van der Waals surface area (Å²) in [4.78, 5) is 0. The second kappa shape index (κ2) is 2.73. The first-order valence-corrected chi connectivity index (χ1v) is 5.28. The summed E-state index contributed by atoms with van der Waals surface area (Å²) in [6, 6.07) is 0. The van der Waals surface area contributed by atoms with E-state index in [1.54, 1.807) is 0 Å². The summed E-state index contributed by atoms with van der Waals surface area (Å²) in [6.45, 7) is 6.62. The van der Waals surface area contributed by atoms with Crippen molar-refractivity contribution in [3.8, 4) is 0 Å². The Balaban J connectivity index is 2.03. The predicted octanol–water partition coefficient (Wildman–Crippen LogP) is 2.99. The molecular formula is C11H20O. The largest absolute Gasteiger partial charge is 0.372 e. The molecule has 0 saturated heterocycles. The first-order valence-electron chi connectivity index (χ1n) is 5.28. The number of hydrogen-bond donors (Lipinski definition) is 0. The molecule has 0 aromatic carbocycles. The van der Waals surface area contributed by atoms with Crippen molar-refractivity contribution in [3.05, 3.63) is 0 Å². The van der Waals surface area contributed by atoms with E-state index in [4.69, 9.17) is 4.74 Å². The molecule has 70 valence electrons. The molecule has 2 saturated carbocycles. The van der Waals surface area contributed by atoms with E-state index in [0.717, 1.165) is 11.8 Å². The Morgan fingerprint density at radius 1 is 1.33 bits per heavy atom. The quantitative estimate of drug-likeness (QED) is 0.616. The second-order valence-electron chi connectivity index (χ2n) is 5.06. The van der Waals surface area contributed by atoms with Crippen molar-refractivity contribution in [2.75, 3.05) is 0 Å². The Labute approximate surface area is 75.5 Å². The van der Waals surface area contributed by atoms with E-state index in [0.29, 0.717) is 6.10 Å². The summed E-state index contributed by atoms with van der Waals surface area (Å²) < 4.78 is 6.03. The van der Waals surface area contributed by atoms with Crippen LogP contribution in [0, 0.1) is 11.8 Å². The van der Waals surface area contributed by atoms with Gasteiger partial charge in [0.05, 0.1) is 11.7 Å². The van der Waals surface area contributed by atoms with Gasteiger partial charge in [0.1, 0.15) is 0 Å². The van der Waals surface area contributed by atoms with Crippen molar-refractivity contribution in [2.45, 2.75) is 58.2 Å². The topological polar surface area (TPSA) is 9.23 Å². The molecular weight excluding hydrogens is 148 g/mol. The summed E-state index contributed by atoms with van der Waals surface area (Å²) >= 11 is 0. The van der Waals surface area contributed by atoms with Gasteiger partial charge in [-0.05, 0) is 58.3 Å². The van der Waals surface area contributed by atoms with Gasteiger partial charge in [0.25, 0.3) is 0 Å². The lowest BCUT2D eigenvalue weighted by molar-refractivity contribution is -0.100. The van der Waals surface area contributed by atoms with Crippen LogP contribution < -0.4 is 0 Å². The third-order valence-electron chi connectivity index (χ3n) is 3.60. The fourth-order valence-corrected chi connectivity index (χ4v) is 3.24. The number of hydrogen-bond acceptors (Lipinski definition) is 1. The molecule has 2 aliphatic rings. The van der Waals surface area contributed by atoms with E-state index in [1.165, 1.54) is 25.7 Å². The van der Waals surface area contributed by atoms with Crippen LogP contribution in [-0.2, 0) is 4.74 Å². The Morgan fingerprint density at radius 2 is 2.08 bits per heavy atom. The van der Waals surface area contributed by atoms with Crippen molar-refractivity contribution < 1.29 is 4.74 Å². The Morgan fingerprint density at radius 3 is 2.50 bits per heavy atom. The van der Waals surface area contributed by atoms with Crippen molar-refractivity contribution in [1.29, 1.82) is 0 Å². The molecule has 0 N–H and O–H groups in total. The molecule has 0 amide bonds. The van der Waals surface area contributed by atoms with Crippen LogP contribution in [0.15, 0.2) is 0 Å². The lowest BCUT2D eigenvalue weighted by Crippen LogP contribution is -2.37. The highest BCUT2D eigenvalue weighted by Gasteiger charge is 2.48. The van der Waals surface area contributed by atoms with Crippen LogP contribution in [0.4, 0.5) is 0 Å². The van der Waals surface area contributed by atoms with E-state index in [9.17, 15) is 0 Å². The first kappa shape index (κ1) is 8.55. The van der Waals surface area contributed by atoms with Crippen LogP contribution in [0.25, 0.3) is 0 Å². The molecule has 0 aliphatic heterocycles. The monoisotopic (exact) mass is 168 g/mol. The maximum atomic E-state index is 6.03. The van der Waals surface area contributed by atoms with Crippen LogP contribution in [0.5, 0.6) is 0 Å². The minimum atomic E-state index is 0.233. The fourth-order valence-electron chi connectivity index (χ4n) is 3.24. The Hall–Kier alpha value is -0.0400. The molecule has 2 rings (SSSR count). The van der Waals surface area contributed by atoms with E-state index in [2.05, 4.69) is 20.8 Å². The summed E-state index contributed by atoms with van der Waals surface area (Å²) in [6.07, 6.45) is 6.02.